The van der Waals surface area contributed by atoms with E-state index in [1.807, 2.05) is 44.3 Å². The topological polar surface area (TPSA) is 97.2 Å². The molecular weight excluding hydrogens is 306 g/mol. The number of carbonyl (C=O) groups is 2. The first-order valence-electron chi connectivity index (χ1n) is 8.11. The summed E-state index contributed by atoms with van der Waals surface area (Å²) in [5.74, 6) is -0.514. The predicted octanol–water partition coefficient (Wildman–Crippen LogP) is 1.74. The molecule has 0 radical (unpaired) electrons. The zero-order chi connectivity index (χ0) is 17.7. The molecule has 2 rings (SSSR count). The van der Waals surface area contributed by atoms with E-state index >= 15 is 0 Å². The zero-order valence-corrected chi connectivity index (χ0v) is 14.3. The molecule has 6 heteroatoms. The molecule has 2 atom stereocenters. The number of hydrogen-bond acceptors (Lipinski definition) is 4. The zero-order valence-electron chi connectivity index (χ0n) is 14.3. The highest BCUT2D eigenvalue weighted by Crippen LogP contribution is 2.19. The van der Waals surface area contributed by atoms with E-state index < -0.39 is 18.1 Å². The minimum absolute atomic E-state index is 0.302. The van der Waals surface area contributed by atoms with Crippen molar-refractivity contribution in [1.82, 2.24) is 10.3 Å². The normalized spacial score (nSPS) is 13.7. The monoisotopic (exact) mass is 331 g/mol. The van der Waals surface area contributed by atoms with Crippen molar-refractivity contribution in [3.8, 4) is 0 Å². The summed E-state index contributed by atoms with van der Waals surface area (Å²) in [6.07, 6.45) is 2.75. The van der Waals surface area contributed by atoms with Crippen molar-refractivity contribution in [2.24, 2.45) is 11.7 Å². The van der Waals surface area contributed by atoms with E-state index in [2.05, 4.69) is 10.3 Å². The number of para-hydroxylation sites is 1. The van der Waals surface area contributed by atoms with Crippen LogP contribution in [-0.4, -0.2) is 36.1 Å². The lowest BCUT2D eigenvalue weighted by molar-refractivity contribution is -0.145. The number of amides is 1. The highest BCUT2D eigenvalue weighted by molar-refractivity contribution is 5.89. The lowest BCUT2D eigenvalue weighted by Gasteiger charge is -2.20. The summed E-state index contributed by atoms with van der Waals surface area (Å²) in [4.78, 5) is 27.5. The first kappa shape index (κ1) is 18.0. The largest absolute Gasteiger partial charge is 0.467 e. The molecule has 0 saturated carbocycles. The van der Waals surface area contributed by atoms with Crippen LogP contribution in [-0.2, 0) is 20.7 Å². The summed E-state index contributed by atoms with van der Waals surface area (Å²) in [6, 6.07) is 6.40. The van der Waals surface area contributed by atoms with Crippen LogP contribution >= 0.6 is 0 Å². The van der Waals surface area contributed by atoms with Gasteiger partial charge in [-0.1, -0.05) is 32.0 Å². The third-order valence-electron chi connectivity index (χ3n) is 3.96. The van der Waals surface area contributed by atoms with Gasteiger partial charge in [-0.3, -0.25) is 4.79 Å². The number of hydrogen-bond donors (Lipinski definition) is 3. The van der Waals surface area contributed by atoms with Crippen molar-refractivity contribution in [3.63, 3.8) is 0 Å². The molecule has 24 heavy (non-hydrogen) atoms. The lowest BCUT2D eigenvalue weighted by Crippen LogP contribution is -2.50. The molecule has 0 aliphatic rings. The van der Waals surface area contributed by atoms with E-state index in [0.717, 1.165) is 16.5 Å². The maximum Gasteiger partial charge on any atom is 0.328 e. The molecule has 2 unspecified atom stereocenters. The summed E-state index contributed by atoms with van der Waals surface area (Å²) < 4.78 is 4.83. The first-order chi connectivity index (χ1) is 11.4. The van der Waals surface area contributed by atoms with Crippen LogP contribution in [0.4, 0.5) is 0 Å². The van der Waals surface area contributed by atoms with E-state index in [1.54, 1.807) is 0 Å². The van der Waals surface area contributed by atoms with Gasteiger partial charge in [-0.15, -0.1) is 0 Å². The van der Waals surface area contributed by atoms with Crippen LogP contribution in [0.25, 0.3) is 10.9 Å². The fourth-order valence-corrected chi connectivity index (χ4v) is 2.75. The molecule has 130 valence electrons. The molecular formula is C18H25N3O3. The summed E-state index contributed by atoms with van der Waals surface area (Å²) in [6.45, 7) is 3.99. The molecule has 0 fully saturated rings. The Labute approximate surface area is 141 Å². The van der Waals surface area contributed by atoms with Crippen LogP contribution < -0.4 is 11.1 Å². The number of fused-ring (bicyclic) bond motifs is 1. The molecule has 0 spiro atoms. The Morgan fingerprint density at radius 3 is 2.67 bits per heavy atom. The van der Waals surface area contributed by atoms with Gasteiger partial charge in [-0.2, -0.15) is 0 Å². The number of nitrogens with one attached hydrogen (secondary N) is 2. The second-order valence-corrected chi connectivity index (χ2v) is 6.38. The Kier molecular flexibility index (Phi) is 5.98. The van der Waals surface area contributed by atoms with Crippen LogP contribution in [0.3, 0.4) is 0 Å². The molecule has 1 aromatic heterocycles. The maximum atomic E-state index is 12.2. The highest BCUT2D eigenvalue weighted by atomic mass is 16.5. The summed E-state index contributed by atoms with van der Waals surface area (Å²) in [5, 5.41) is 3.74. The smallest absolute Gasteiger partial charge is 0.328 e. The highest BCUT2D eigenvalue weighted by Gasteiger charge is 2.26. The van der Waals surface area contributed by atoms with Crippen LogP contribution in [0.1, 0.15) is 25.8 Å². The van der Waals surface area contributed by atoms with Crippen LogP contribution in [0, 0.1) is 5.92 Å². The minimum Gasteiger partial charge on any atom is -0.467 e. The Morgan fingerprint density at radius 1 is 1.29 bits per heavy atom. The van der Waals surface area contributed by atoms with Crippen LogP contribution in [0.5, 0.6) is 0 Å². The van der Waals surface area contributed by atoms with Gasteiger partial charge in [0.15, 0.2) is 0 Å². The Balaban J connectivity index is 2.14. The summed E-state index contributed by atoms with van der Waals surface area (Å²) >= 11 is 0. The number of esters is 1. The fraction of sp³-hybridized carbons (Fsp3) is 0.444. The van der Waals surface area contributed by atoms with E-state index in [-0.39, 0.29) is 5.91 Å². The number of aromatic nitrogens is 1. The van der Waals surface area contributed by atoms with E-state index in [4.69, 9.17) is 10.5 Å². The second-order valence-electron chi connectivity index (χ2n) is 6.38. The minimum atomic E-state index is -0.764. The van der Waals surface area contributed by atoms with Crippen molar-refractivity contribution in [3.05, 3.63) is 36.0 Å². The van der Waals surface area contributed by atoms with Gasteiger partial charge in [0.05, 0.1) is 13.2 Å². The number of methoxy groups -OCH3 is 1. The van der Waals surface area contributed by atoms with Crippen LogP contribution in [0.2, 0.25) is 0 Å². The Hall–Kier alpha value is -2.34. The molecule has 0 bridgehead atoms. The molecule has 0 aliphatic carbocycles. The molecule has 6 nitrogen and oxygen atoms in total. The van der Waals surface area contributed by atoms with Crippen molar-refractivity contribution in [2.45, 2.75) is 38.8 Å². The average Bonchev–Trinajstić information content (AvgIpc) is 2.96. The SMILES string of the molecule is COC(=O)C(Cc1c[nH]c2ccccc12)NC(=O)C(N)CC(C)C. The molecule has 0 saturated heterocycles. The standard InChI is InChI=1S/C18H25N3O3/c1-11(2)8-14(19)17(22)21-16(18(23)24-3)9-12-10-20-15-7-5-4-6-13(12)15/h4-7,10-11,14,16,20H,8-9,19H2,1-3H3,(H,21,22). The predicted molar refractivity (Wildman–Crippen MR) is 93.4 cm³/mol. The number of aromatic amines is 1. The Bertz CT molecular complexity index is 708. The molecule has 1 heterocycles. The maximum absolute atomic E-state index is 12.2. The summed E-state index contributed by atoms with van der Waals surface area (Å²) in [5.41, 5.74) is 7.83. The van der Waals surface area contributed by atoms with Gasteiger partial charge in [-0.25, -0.2) is 4.79 Å². The quantitative estimate of drug-likeness (QED) is 0.673. The van der Waals surface area contributed by atoms with Gasteiger partial charge in [0.1, 0.15) is 6.04 Å². The fourth-order valence-electron chi connectivity index (χ4n) is 2.75. The number of benzene rings is 1. The van der Waals surface area contributed by atoms with Crippen molar-refractivity contribution in [1.29, 1.82) is 0 Å². The number of carbonyl (C=O) groups excluding carboxylic acids is 2. The summed E-state index contributed by atoms with van der Waals surface area (Å²) in [7, 11) is 1.31. The van der Waals surface area contributed by atoms with Gasteiger partial charge >= 0.3 is 5.97 Å². The Morgan fingerprint density at radius 2 is 2.00 bits per heavy atom. The first-order valence-corrected chi connectivity index (χ1v) is 8.11. The third-order valence-corrected chi connectivity index (χ3v) is 3.96. The van der Waals surface area contributed by atoms with E-state index in [0.29, 0.717) is 18.8 Å². The van der Waals surface area contributed by atoms with Gasteiger partial charge in [-0.05, 0) is 24.0 Å². The number of rotatable bonds is 7. The number of H-pyrrole nitrogens is 1. The van der Waals surface area contributed by atoms with Gasteiger partial charge in [0.2, 0.25) is 5.91 Å². The second kappa shape index (κ2) is 7.97. The van der Waals surface area contributed by atoms with Gasteiger partial charge in [0.25, 0.3) is 0 Å². The van der Waals surface area contributed by atoms with E-state index in [1.165, 1.54) is 7.11 Å². The van der Waals surface area contributed by atoms with E-state index in [9.17, 15) is 9.59 Å². The van der Waals surface area contributed by atoms with Crippen molar-refractivity contribution >= 4 is 22.8 Å². The average molecular weight is 331 g/mol. The van der Waals surface area contributed by atoms with Gasteiger partial charge < -0.3 is 20.8 Å². The van der Waals surface area contributed by atoms with Crippen molar-refractivity contribution < 1.29 is 14.3 Å². The molecule has 4 N–H and O–H groups in total. The molecule has 0 aliphatic heterocycles. The lowest BCUT2D eigenvalue weighted by atomic mass is 10.0. The molecule has 1 amide bonds. The number of nitrogens with two attached hydrogens (primary N) is 1. The van der Waals surface area contributed by atoms with Gasteiger partial charge in [0, 0.05) is 23.5 Å². The number of ether oxygens (including phenoxy) is 1. The van der Waals surface area contributed by atoms with Crippen LogP contribution in [0.15, 0.2) is 30.5 Å². The molecule has 2 aromatic rings. The molecule has 1 aromatic carbocycles. The third kappa shape index (κ3) is 4.35. The van der Waals surface area contributed by atoms with Crippen molar-refractivity contribution in [2.75, 3.05) is 7.11 Å².